The van der Waals surface area contributed by atoms with Crippen molar-refractivity contribution in [2.45, 2.75) is 38.6 Å². The average Bonchev–Trinajstić information content (AvgIpc) is 2.02. The van der Waals surface area contributed by atoms with Gasteiger partial charge in [0.25, 0.3) is 0 Å². The predicted octanol–water partition coefficient (Wildman–Crippen LogP) is 2.09. The maximum atomic E-state index is 3.48. The minimum atomic E-state index is 0.711. The van der Waals surface area contributed by atoms with Crippen molar-refractivity contribution in [1.29, 1.82) is 0 Å². The van der Waals surface area contributed by atoms with E-state index in [0.717, 1.165) is 0 Å². The van der Waals surface area contributed by atoms with E-state index >= 15 is 0 Å². The fourth-order valence-electron chi connectivity index (χ4n) is 1.25. The van der Waals surface area contributed by atoms with Crippen LogP contribution in [0.2, 0.25) is 0 Å². The summed E-state index contributed by atoms with van der Waals surface area (Å²) in [5.41, 5.74) is 0. The van der Waals surface area contributed by atoms with Gasteiger partial charge in [-0.05, 0) is 39.2 Å². The first-order valence-electron chi connectivity index (χ1n) is 4.28. The maximum Gasteiger partial charge on any atom is 0.00416 e. The fourth-order valence-corrected chi connectivity index (χ4v) is 1.25. The van der Waals surface area contributed by atoms with Gasteiger partial charge >= 0.3 is 0 Å². The molecule has 0 bridgehead atoms. The van der Waals surface area contributed by atoms with Gasteiger partial charge in [0, 0.05) is 6.04 Å². The molecule has 1 N–H and O–H groups in total. The molecule has 0 aliphatic carbocycles. The highest BCUT2D eigenvalue weighted by Crippen LogP contribution is 2.02. The van der Waals surface area contributed by atoms with Gasteiger partial charge in [0.05, 0.1) is 0 Å². The Kier molecular flexibility index (Phi) is 3.52. The highest BCUT2D eigenvalue weighted by molar-refractivity contribution is 4.84. The zero-order chi connectivity index (χ0) is 7.23. The SMILES string of the molecule is CC1CC/C=C\CCCN1. The third kappa shape index (κ3) is 3.02. The van der Waals surface area contributed by atoms with Crippen LogP contribution in [0.1, 0.15) is 32.6 Å². The lowest BCUT2D eigenvalue weighted by Crippen LogP contribution is -2.26. The predicted molar refractivity (Wildman–Crippen MR) is 45.1 cm³/mol. The molecule has 1 heterocycles. The molecule has 0 fully saturated rings. The lowest BCUT2D eigenvalue weighted by Gasteiger charge is -2.10. The van der Waals surface area contributed by atoms with Gasteiger partial charge in [0.2, 0.25) is 0 Å². The Labute approximate surface area is 63.5 Å². The van der Waals surface area contributed by atoms with E-state index in [-0.39, 0.29) is 0 Å². The van der Waals surface area contributed by atoms with E-state index in [9.17, 15) is 0 Å². The van der Waals surface area contributed by atoms with Crippen molar-refractivity contribution in [2.24, 2.45) is 0 Å². The minimum absolute atomic E-state index is 0.711. The van der Waals surface area contributed by atoms with E-state index in [1.807, 2.05) is 0 Å². The third-order valence-corrected chi connectivity index (χ3v) is 1.97. The molecule has 10 heavy (non-hydrogen) atoms. The lowest BCUT2D eigenvalue weighted by atomic mass is 10.2. The summed E-state index contributed by atoms with van der Waals surface area (Å²) >= 11 is 0. The van der Waals surface area contributed by atoms with Crippen LogP contribution in [-0.2, 0) is 0 Å². The molecule has 0 saturated carbocycles. The minimum Gasteiger partial charge on any atom is -0.314 e. The van der Waals surface area contributed by atoms with Crippen molar-refractivity contribution in [3.8, 4) is 0 Å². The van der Waals surface area contributed by atoms with Crippen molar-refractivity contribution >= 4 is 0 Å². The van der Waals surface area contributed by atoms with Gasteiger partial charge < -0.3 is 5.32 Å². The molecule has 0 aromatic rings. The standard InChI is InChI=1S/C9H17N/c1-9-7-5-3-2-4-6-8-10-9/h2-3,9-10H,4-8H2,1H3/b3-2-. The van der Waals surface area contributed by atoms with Crippen LogP contribution in [0.15, 0.2) is 12.2 Å². The van der Waals surface area contributed by atoms with E-state index < -0.39 is 0 Å². The molecular formula is C9H17N. The van der Waals surface area contributed by atoms with Gasteiger partial charge in [-0.15, -0.1) is 0 Å². The van der Waals surface area contributed by atoms with Crippen molar-refractivity contribution in [3.63, 3.8) is 0 Å². The quantitative estimate of drug-likeness (QED) is 0.507. The Hall–Kier alpha value is -0.300. The molecule has 0 aromatic heterocycles. The van der Waals surface area contributed by atoms with Crippen LogP contribution >= 0.6 is 0 Å². The monoisotopic (exact) mass is 139 g/mol. The number of rotatable bonds is 0. The molecule has 1 aliphatic rings. The molecule has 58 valence electrons. The third-order valence-electron chi connectivity index (χ3n) is 1.97. The molecule has 0 radical (unpaired) electrons. The van der Waals surface area contributed by atoms with E-state index in [1.54, 1.807) is 0 Å². The number of hydrogen-bond acceptors (Lipinski definition) is 1. The van der Waals surface area contributed by atoms with E-state index in [4.69, 9.17) is 0 Å². The summed E-state index contributed by atoms with van der Waals surface area (Å²) in [6.07, 6.45) is 9.69. The van der Waals surface area contributed by atoms with Crippen LogP contribution in [0.25, 0.3) is 0 Å². The average molecular weight is 139 g/mol. The summed E-state index contributed by atoms with van der Waals surface area (Å²) in [6, 6.07) is 0.711. The van der Waals surface area contributed by atoms with Crippen molar-refractivity contribution in [1.82, 2.24) is 5.32 Å². The van der Waals surface area contributed by atoms with E-state index in [2.05, 4.69) is 24.4 Å². The summed E-state index contributed by atoms with van der Waals surface area (Å²) < 4.78 is 0. The molecule has 1 atom stereocenters. The zero-order valence-corrected chi connectivity index (χ0v) is 6.77. The Bertz CT molecular complexity index is 107. The number of nitrogens with one attached hydrogen (secondary N) is 1. The van der Waals surface area contributed by atoms with Gasteiger partial charge in [-0.1, -0.05) is 12.2 Å². The van der Waals surface area contributed by atoms with Gasteiger partial charge in [0.1, 0.15) is 0 Å². The topological polar surface area (TPSA) is 12.0 Å². The van der Waals surface area contributed by atoms with Gasteiger partial charge in [-0.25, -0.2) is 0 Å². The maximum absolute atomic E-state index is 3.48. The highest BCUT2D eigenvalue weighted by atomic mass is 14.9. The molecule has 0 aromatic carbocycles. The largest absolute Gasteiger partial charge is 0.314 e. The molecule has 1 unspecified atom stereocenters. The summed E-state index contributed by atoms with van der Waals surface area (Å²) in [4.78, 5) is 0. The lowest BCUT2D eigenvalue weighted by molar-refractivity contribution is 0.517. The summed E-state index contributed by atoms with van der Waals surface area (Å²) in [5, 5.41) is 3.48. The first kappa shape index (κ1) is 7.80. The molecule has 0 spiro atoms. The second-order valence-corrected chi connectivity index (χ2v) is 3.05. The Morgan fingerprint density at radius 1 is 1.30 bits per heavy atom. The second kappa shape index (κ2) is 4.51. The number of allylic oxidation sites excluding steroid dienone is 2. The molecule has 0 amide bonds. The molecule has 1 heteroatoms. The summed E-state index contributed by atoms with van der Waals surface area (Å²) in [7, 11) is 0. The summed E-state index contributed by atoms with van der Waals surface area (Å²) in [5.74, 6) is 0. The Morgan fingerprint density at radius 2 is 2.10 bits per heavy atom. The fraction of sp³-hybridized carbons (Fsp3) is 0.778. The Balaban J connectivity index is 2.25. The van der Waals surface area contributed by atoms with Crippen molar-refractivity contribution < 1.29 is 0 Å². The smallest absolute Gasteiger partial charge is 0.00416 e. The van der Waals surface area contributed by atoms with Crippen LogP contribution in [0.5, 0.6) is 0 Å². The molecule has 1 aliphatic heterocycles. The van der Waals surface area contributed by atoms with Gasteiger partial charge in [-0.2, -0.15) is 0 Å². The van der Waals surface area contributed by atoms with E-state index in [0.29, 0.717) is 6.04 Å². The van der Waals surface area contributed by atoms with Gasteiger partial charge in [0.15, 0.2) is 0 Å². The van der Waals surface area contributed by atoms with Crippen molar-refractivity contribution in [2.75, 3.05) is 6.54 Å². The summed E-state index contributed by atoms with van der Waals surface area (Å²) in [6.45, 7) is 3.45. The van der Waals surface area contributed by atoms with Crippen LogP contribution in [0, 0.1) is 0 Å². The van der Waals surface area contributed by atoms with E-state index in [1.165, 1.54) is 32.2 Å². The first-order valence-corrected chi connectivity index (χ1v) is 4.28. The van der Waals surface area contributed by atoms with Crippen LogP contribution in [0.4, 0.5) is 0 Å². The van der Waals surface area contributed by atoms with Crippen LogP contribution < -0.4 is 5.32 Å². The second-order valence-electron chi connectivity index (χ2n) is 3.05. The van der Waals surface area contributed by atoms with Gasteiger partial charge in [-0.3, -0.25) is 0 Å². The Morgan fingerprint density at radius 3 is 3.00 bits per heavy atom. The van der Waals surface area contributed by atoms with Crippen molar-refractivity contribution in [3.05, 3.63) is 12.2 Å². The first-order chi connectivity index (χ1) is 4.89. The molecule has 1 rings (SSSR count). The molecular weight excluding hydrogens is 122 g/mol. The van der Waals surface area contributed by atoms with Crippen LogP contribution in [0.3, 0.4) is 0 Å². The zero-order valence-electron chi connectivity index (χ0n) is 6.77. The molecule has 0 saturated heterocycles. The van der Waals surface area contributed by atoms with Crippen LogP contribution in [-0.4, -0.2) is 12.6 Å². The normalized spacial score (nSPS) is 31.9. The molecule has 1 nitrogen and oxygen atoms in total. The number of hydrogen-bond donors (Lipinski definition) is 1. The highest BCUT2D eigenvalue weighted by Gasteiger charge is 1.99.